The van der Waals surface area contributed by atoms with Gasteiger partial charge in [-0.05, 0) is 37.1 Å². The van der Waals surface area contributed by atoms with Gasteiger partial charge in [-0.15, -0.1) is 0 Å². The van der Waals surface area contributed by atoms with Crippen LogP contribution in [0.3, 0.4) is 0 Å². The summed E-state index contributed by atoms with van der Waals surface area (Å²) in [7, 11) is 1.61. The Hall–Kier alpha value is -2.56. The molecule has 2 aromatic heterocycles. The van der Waals surface area contributed by atoms with Crippen molar-refractivity contribution in [1.82, 2.24) is 14.7 Å². The summed E-state index contributed by atoms with van der Waals surface area (Å²) in [5.74, 6) is 0.231. The van der Waals surface area contributed by atoms with E-state index in [0.29, 0.717) is 17.8 Å². The number of carbonyl (C=O) groups excluding carboxylic acids is 1. The topological polar surface area (TPSA) is 79.4 Å². The van der Waals surface area contributed by atoms with Crippen molar-refractivity contribution in [3.63, 3.8) is 0 Å². The summed E-state index contributed by atoms with van der Waals surface area (Å²) in [4.78, 5) is 16.9. The predicted molar refractivity (Wildman–Crippen MR) is 107 cm³/mol. The molecular weight excluding hydrogens is 360 g/mol. The number of hydrogen-bond donors (Lipinski definition) is 1. The first-order valence-electron chi connectivity index (χ1n) is 8.83. The molecule has 3 aromatic rings. The average molecular weight is 382 g/mol. The zero-order valence-electron chi connectivity index (χ0n) is 15.7. The van der Waals surface area contributed by atoms with Crippen LogP contribution in [-0.4, -0.2) is 40.8 Å². The molecule has 6 nitrogen and oxygen atoms in total. The van der Waals surface area contributed by atoms with Gasteiger partial charge in [-0.25, -0.2) is 4.98 Å². The Balaban J connectivity index is 1.99. The Kier molecular flexibility index (Phi) is 5.99. The smallest absolute Gasteiger partial charge is 0.230 e. The van der Waals surface area contributed by atoms with E-state index in [1.54, 1.807) is 7.11 Å². The van der Waals surface area contributed by atoms with Crippen LogP contribution in [0.2, 0.25) is 0 Å². The molecule has 1 N–H and O–H groups in total. The van der Waals surface area contributed by atoms with E-state index in [1.165, 1.54) is 11.8 Å². The van der Waals surface area contributed by atoms with Gasteiger partial charge in [0.1, 0.15) is 6.07 Å². The molecule has 0 fully saturated rings. The number of fused-ring (bicyclic) bond motifs is 3. The Morgan fingerprint density at radius 2 is 2.22 bits per heavy atom. The number of methoxy groups -OCH3 is 1. The minimum Gasteiger partial charge on any atom is -0.383 e. The average Bonchev–Trinajstić information content (AvgIpc) is 3.05. The van der Waals surface area contributed by atoms with Gasteiger partial charge in [-0.3, -0.25) is 9.20 Å². The van der Waals surface area contributed by atoms with E-state index < -0.39 is 0 Å². The molecule has 2 heterocycles. The highest BCUT2D eigenvalue weighted by Crippen LogP contribution is 2.29. The molecule has 0 aliphatic carbocycles. The number of nitrogens with one attached hydrogen (secondary N) is 1. The van der Waals surface area contributed by atoms with Crippen LogP contribution in [0.5, 0.6) is 0 Å². The van der Waals surface area contributed by atoms with Gasteiger partial charge < -0.3 is 10.1 Å². The number of thioether (sulfide) groups is 1. The first kappa shape index (κ1) is 19.2. The summed E-state index contributed by atoms with van der Waals surface area (Å²) in [5.41, 5.74) is 3.95. The molecule has 3 rings (SSSR count). The summed E-state index contributed by atoms with van der Waals surface area (Å²) < 4.78 is 7.03. The number of ether oxygens (including phenoxy) is 1. The van der Waals surface area contributed by atoms with E-state index >= 15 is 0 Å². The zero-order valence-corrected chi connectivity index (χ0v) is 16.5. The SMILES string of the molecule is CCc1cc(SCC(=O)N[C@H](C)COC)n2c(nc3ccccc32)c1C#N. The molecule has 0 bridgehead atoms. The summed E-state index contributed by atoms with van der Waals surface area (Å²) in [6.45, 7) is 4.40. The summed E-state index contributed by atoms with van der Waals surface area (Å²) in [6.07, 6.45) is 0.729. The number of hydrogen-bond acceptors (Lipinski definition) is 5. The standard InChI is InChI=1S/C20H22N4O2S/c1-4-14-9-19(27-12-18(25)22-13(2)11-26-3)24-17-8-6-5-7-16(17)23-20(24)15(14)10-21/h5-9,13H,4,11-12H2,1-3H3,(H,22,25)/t13-/m1/s1. The lowest BCUT2D eigenvalue weighted by Gasteiger charge is -2.14. The molecular formula is C20H22N4O2S. The number of para-hydroxylation sites is 2. The lowest BCUT2D eigenvalue weighted by Crippen LogP contribution is -2.36. The first-order valence-corrected chi connectivity index (χ1v) is 9.81. The minimum absolute atomic E-state index is 0.0376. The number of amides is 1. The Bertz CT molecular complexity index is 1020. The number of rotatable bonds is 7. The molecule has 0 unspecified atom stereocenters. The number of aryl methyl sites for hydroxylation is 1. The number of nitrogens with zero attached hydrogens (tertiary/aromatic N) is 3. The van der Waals surface area contributed by atoms with E-state index in [1.807, 2.05) is 48.6 Å². The largest absolute Gasteiger partial charge is 0.383 e. The molecule has 0 aliphatic heterocycles. The molecule has 0 aliphatic rings. The highest BCUT2D eigenvalue weighted by Gasteiger charge is 2.17. The quantitative estimate of drug-likeness (QED) is 0.635. The van der Waals surface area contributed by atoms with Gasteiger partial charge in [-0.1, -0.05) is 30.8 Å². The molecule has 140 valence electrons. The van der Waals surface area contributed by atoms with Crippen LogP contribution < -0.4 is 5.32 Å². The van der Waals surface area contributed by atoms with Gasteiger partial charge >= 0.3 is 0 Å². The summed E-state index contributed by atoms with van der Waals surface area (Å²) in [6, 6.07) is 12.0. The number of aromatic nitrogens is 2. The molecule has 1 atom stereocenters. The Labute approximate surface area is 162 Å². The van der Waals surface area contributed by atoms with Crippen molar-refractivity contribution in [2.75, 3.05) is 19.5 Å². The lowest BCUT2D eigenvalue weighted by atomic mass is 10.1. The monoisotopic (exact) mass is 382 g/mol. The number of nitriles is 1. The molecule has 0 radical (unpaired) electrons. The molecule has 1 aromatic carbocycles. The van der Waals surface area contributed by atoms with Crippen LogP contribution in [0, 0.1) is 11.3 Å². The van der Waals surface area contributed by atoms with Crippen LogP contribution in [0.15, 0.2) is 35.4 Å². The second-order valence-corrected chi connectivity index (χ2v) is 7.32. The molecule has 0 saturated heterocycles. The lowest BCUT2D eigenvalue weighted by molar-refractivity contribution is -0.119. The fourth-order valence-corrected chi connectivity index (χ4v) is 4.00. The van der Waals surface area contributed by atoms with Gasteiger partial charge in [-0.2, -0.15) is 5.26 Å². The Morgan fingerprint density at radius 3 is 2.93 bits per heavy atom. The Morgan fingerprint density at radius 1 is 1.44 bits per heavy atom. The highest BCUT2D eigenvalue weighted by molar-refractivity contribution is 7.99. The second kappa shape index (κ2) is 8.42. The van der Waals surface area contributed by atoms with Crippen molar-refractivity contribution in [3.05, 3.63) is 41.5 Å². The summed E-state index contributed by atoms with van der Waals surface area (Å²) in [5, 5.41) is 13.5. The third kappa shape index (κ3) is 3.92. The van der Waals surface area contributed by atoms with Crippen LogP contribution in [-0.2, 0) is 16.0 Å². The van der Waals surface area contributed by atoms with Crippen LogP contribution in [0.4, 0.5) is 0 Å². The van der Waals surface area contributed by atoms with Crippen molar-refractivity contribution in [1.29, 1.82) is 5.26 Å². The maximum atomic E-state index is 12.3. The zero-order chi connectivity index (χ0) is 19.4. The molecule has 27 heavy (non-hydrogen) atoms. The fraction of sp³-hybridized carbons (Fsp3) is 0.350. The van der Waals surface area contributed by atoms with Crippen molar-refractivity contribution in [2.24, 2.45) is 0 Å². The van der Waals surface area contributed by atoms with Crippen molar-refractivity contribution < 1.29 is 9.53 Å². The molecule has 0 spiro atoms. The number of benzene rings is 1. The van der Waals surface area contributed by atoms with Crippen molar-refractivity contribution >= 4 is 34.3 Å². The van der Waals surface area contributed by atoms with Gasteiger partial charge in [0, 0.05) is 13.2 Å². The number of carbonyl (C=O) groups is 1. The van der Waals surface area contributed by atoms with Crippen LogP contribution >= 0.6 is 11.8 Å². The maximum absolute atomic E-state index is 12.3. The highest BCUT2D eigenvalue weighted by atomic mass is 32.2. The van der Waals surface area contributed by atoms with Gasteiger partial charge in [0.05, 0.1) is 34.0 Å². The third-order valence-electron chi connectivity index (χ3n) is 4.29. The third-order valence-corrected chi connectivity index (χ3v) is 5.29. The second-order valence-electron chi connectivity index (χ2n) is 6.32. The molecule has 7 heteroatoms. The molecule has 1 amide bonds. The van der Waals surface area contributed by atoms with E-state index in [2.05, 4.69) is 16.4 Å². The van der Waals surface area contributed by atoms with Gasteiger partial charge in [0.2, 0.25) is 5.91 Å². The van der Waals surface area contributed by atoms with Gasteiger partial charge in [0.25, 0.3) is 0 Å². The number of imidazole rings is 1. The van der Waals surface area contributed by atoms with E-state index in [-0.39, 0.29) is 17.7 Å². The fourth-order valence-electron chi connectivity index (χ4n) is 3.10. The van der Waals surface area contributed by atoms with Crippen molar-refractivity contribution in [2.45, 2.75) is 31.3 Å². The van der Waals surface area contributed by atoms with Gasteiger partial charge in [0.15, 0.2) is 5.65 Å². The van der Waals surface area contributed by atoms with E-state index in [9.17, 15) is 10.1 Å². The normalized spacial score (nSPS) is 12.2. The summed E-state index contributed by atoms with van der Waals surface area (Å²) >= 11 is 1.45. The predicted octanol–water partition coefficient (Wildman–Crippen LogP) is 3.16. The van der Waals surface area contributed by atoms with Crippen molar-refractivity contribution in [3.8, 4) is 6.07 Å². The van der Waals surface area contributed by atoms with Crippen LogP contribution in [0.1, 0.15) is 25.0 Å². The molecule has 0 saturated carbocycles. The maximum Gasteiger partial charge on any atom is 0.230 e. The van der Waals surface area contributed by atoms with E-state index in [0.717, 1.165) is 28.0 Å². The van der Waals surface area contributed by atoms with E-state index in [4.69, 9.17) is 4.74 Å². The number of pyridine rings is 1. The first-order chi connectivity index (χ1) is 13.1. The van der Waals surface area contributed by atoms with Crippen LogP contribution in [0.25, 0.3) is 16.7 Å². The minimum atomic E-state index is -0.0514.